The molecule has 5 rings (SSSR count). The van der Waals surface area contributed by atoms with Gasteiger partial charge in [0.05, 0.1) is 28.1 Å². The summed E-state index contributed by atoms with van der Waals surface area (Å²) >= 11 is 0. The number of hydrogen-bond donors (Lipinski definition) is 1. The quantitative estimate of drug-likeness (QED) is 0.194. The fraction of sp³-hybridized carbons (Fsp3) is 0.0357. The van der Waals surface area contributed by atoms with Gasteiger partial charge in [0.2, 0.25) is 0 Å². The second-order valence-corrected chi connectivity index (χ2v) is 8.21. The summed E-state index contributed by atoms with van der Waals surface area (Å²) in [5, 5.41) is 21.9. The molecular weight excluding hydrogens is 454 g/mol. The number of aromatic nitrogens is 2. The molecule has 0 spiro atoms. The minimum atomic E-state index is -0.530. The van der Waals surface area contributed by atoms with Gasteiger partial charge < -0.3 is 0 Å². The molecule has 36 heavy (non-hydrogen) atoms. The normalized spacial score (nSPS) is 11.1. The van der Waals surface area contributed by atoms with Crippen molar-refractivity contribution in [1.29, 1.82) is 0 Å². The van der Waals surface area contributed by atoms with Crippen LogP contribution >= 0.6 is 0 Å². The van der Waals surface area contributed by atoms with Gasteiger partial charge in [-0.25, -0.2) is 10.1 Å². The van der Waals surface area contributed by atoms with E-state index >= 15 is 0 Å². The molecule has 0 saturated carbocycles. The smallest absolute Gasteiger partial charge is 0.265 e. The summed E-state index contributed by atoms with van der Waals surface area (Å²) in [6.07, 6.45) is 1.25. The van der Waals surface area contributed by atoms with Gasteiger partial charge in [-0.1, -0.05) is 66.7 Å². The predicted octanol–water partition coefficient (Wildman–Crippen LogP) is 5.67. The standard InChI is InChI=1S/C28H21N5O3/c1-19-8-6-12-22(16-19)32-27(24-14-7-11-20-9-2-4-13-23(20)24)17-25(31-32)28(34)30-29-18-21-10-3-5-15-26(21)33(35)36/h2-18H,1H3,(H,30,34)/b29-18-. The van der Waals surface area contributed by atoms with Crippen LogP contribution in [0.1, 0.15) is 21.6 Å². The van der Waals surface area contributed by atoms with Gasteiger partial charge in [0.1, 0.15) is 0 Å². The van der Waals surface area contributed by atoms with Crippen molar-refractivity contribution in [2.45, 2.75) is 6.92 Å². The van der Waals surface area contributed by atoms with Gasteiger partial charge in [-0.05, 0) is 47.5 Å². The van der Waals surface area contributed by atoms with Crippen LogP contribution in [0.4, 0.5) is 5.69 Å². The number of hydrazone groups is 1. The van der Waals surface area contributed by atoms with Crippen LogP contribution in [0, 0.1) is 17.0 Å². The van der Waals surface area contributed by atoms with E-state index in [9.17, 15) is 14.9 Å². The van der Waals surface area contributed by atoms with Crippen LogP contribution < -0.4 is 5.43 Å². The van der Waals surface area contributed by atoms with Crippen LogP contribution in [0.5, 0.6) is 0 Å². The van der Waals surface area contributed by atoms with E-state index in [0.29, 0.717) is 0 Å². The predicted molar refractivity (Wildman–Crippen MR) is 139 cm³/mol. The van der Waals surface area contributed by atoms with E-state index in [1.807, 2.05) is 73.7 Å². The third-order valence-corrected chi connectivity index (χ3v) is 5.76. The van der Waals surface area contributed by atoms with E-state index < -0.39 is 10.8 Å². The number of aryl methyl sites for hydroxylation is 1. The van der Waals surface area contributed by atoms with Gasteiger partial charge in [0.15, 0.2) is 5.69 Å². The first-order chi connectivity index (χ1) is 17.5. The van der Waals surface area contributed by atoms with Gasteiger partial charge >= 0.3 is 0 Å². The second-order valence-electron chi connectivity index (χ2n) is 8.21. The van der Waals surface area contributed by atoms with Crippen LogP contribution in [0.3, 0.4) is 0 Å². The Labute approximate surface area is 206 Å². The van der Waals surface area contributed by atoms with Gasteiger partial charge in [-0.15, -0.1) is 0 Å². The van der Waals surface area contributed by atoms with Gasteiger partial charge in [0, 0.05) is 11.6 Å². The maximum atomic E-state index is 13.0. The molecule has 0 aliphatic rings. The number of carbonyl (C=O) groups excluding carboxylic acids is 1. The van der Waals surface area contributed by atoms with E-state index in [1.165, 1.54) is 12.3 Å². The highest BCUT2D eigenvalue weighted by molar-refractivity contribution is 5.99. The first-order valence-corrected chi connectivity index (χ1v) is 11.2. The maximum absolute atomic E-state index is 13.0. The summed E-state index contributed by atoms with van der Waals surface area (Å²) in [5.41, 5.74) is 6.36. The Morgan fingerprint density at radius 1 is 0.972 bits per heavy atom. The minimum Gasteiger partial charge on any atom is -0.265 e. The van der Waals surface area contributed by atoms with Crippen LogP contribution in [0.25, 0.3) is 27.7 Å². The number of nitro groups is 1. The zero-order valence-corrected chi connectivity index (χ0v) is 19.3. The van der Waals surface area contributed by atoms with Crippen LogP contribution in [0.2, 0.25) is 0 Å². The van der Waals surface area contributed by atoms with Crippen LogP contribution in [0.15, 0.2) is 102 Å². The number of fused-ring (bicyclic) bond motifs is 1. The molecule has 8 nitrogen and oxygen atoms in total. The number of nitrogens with zero attached hydrogens (tertiary/aromatic N) is 4. The molecule has 4 aromatic carbocycles. The lowest BCUT2D eigenvalue weighted by Crippen LogP contribution is -2.18. The van der Waals surface area contributed by atoms with Crippen molar-refractivity contribution in [3.05, 3.63) is 124 Å². The molecule has 8 heteroatoms. The average Bonchev–Trinajstić information content (AvgIpc) is 3.34. The lowest BCUT2D eigenvalue weighted by Gasteiger charge is -2.10. The molecule has 0 fully saturated rings. The summed E-state index contributed by atoms with van der Waals surface area (Å²) in [6, 6.07) is 29.8. The van der Waals surface area contributed by atoms with Crippen LogP contribution in [-0.2, 0) is 0 Å². The molecule has 1 aromatic heterocycles. The fourth-order valence-electron chi connectivity index (χ4n) is 4.07. The summed E-state index contributed by atoms with van der Waals surface area (Å²) < 4.78 is 1.75. The fourth-order valence-corrected chi connectivity index (χ4v) is 4.07. The van der Waals surface area contributed by atoms with Gasteiger partial charge in [0.25, 0.3) is 11.6 Å². The lowest BCUT2D eigenvalue weighted by atomic mass is 10.0. The van der Waals surface area contributed by atoms with Gasteiger partial charge in [-0.3, -0.25) is 14.9 Å². The molecule has 176 valence electrons. The third kappa shape index (κ3) is 4.47. The molecule has 0 aliphatic heterocycles. The van der Waals surface area contributed by atoms with Crippen molar-refractivity contribution in [2.75, 3.05) is 0 Å². The summed E-state index contributed by atoms with van der Waals surface area (Å²) in [5.74, 6) is -0.530. The highest BCUT2D eigenvalue weighted by atomic mass is 16.6. The zero-order chi connectivity index (χ0) is 25.1. The summed E-state index contributed by atoms with van der Waals surface area (Å²) in [7, 11) is 0. The number of nitro benzene ring substituents is 1. The topological polar surface area (TPSA) is 102 Å². The molecule has 0 bridgehead atoms. The zero-order valence-electron chi connectivity index (χ0n) is 19.3. The van der Waals surface area contributed by atoms with Crippen molar-refractivity contribution in [1.82, 2.24) is 15.2 Å². The number of amides is 1. The number of hydrogen-bond acceptors (Lipinski definition) is 5. The molecule has 0 aliphatic carbocycles. The van der Waals surface area contributed by atoms with Crippen molar-refractivity contribution in [3.63, 3.8) is 0 Å². The molecular formula is C28H21N5O3. The molecule has 1 N–H and O–H groups in total. The van der Waals surface area contributed by atoms with Gasteiger partial charge in [-0.2, -0.15) is 10.2 Å². The van der Waals surface area contributed by atoms with Crippen molar-refractivity contribution in [2.24, 2.45) is 5.10 Å². The van der Waals surface area contributed by atoms with Crippen molar-refractivity contribution < 1.29 is 9.72 Å². The molecule has 1 amide bonds. The van der Waals surface area contributed by atoms with E-state index in [4.69, 9.17) is 0 Å². The van der Waals surface area contributed by atoms with E-state index in [1.54, 1.807) is 28.9 Å². The first kappa shape index (κ1) is 22.7. The minimum absolute atomic E-state index is 0.0996. The molecule has 0 atom stereocenters. The molecule has 0 saturated heterocycles. The summed E-state index contributed by atoms with van der Waals surface area (Å²) in [4.78, 5) is 23.7. The Hall–Kier alpha value is -5.11. The first-order valence-electron chi connectivity index (χ1n) is 11.2. The van der Waals surface area contributed by atoms with E-state index in [2.05, 4.69) is 15.6 Å². The van der Waals surface area contributed by atoms with Crippen molar-refractivity contribution >= 4 is 28.6 Å². The molecule has 1 heterocycles. The number of para-hydroxylation sites is 1. The number of rotatable bonds is 6. The molecule has 0 unspecified atom stereocenters. The summed E-state index contributed by atoms with van der Waals surface area (Å²) in [6.45, 7) is 2.00. The monoisotopic (exact) mass is 475 g/mol. The Morgan fingerprint density at radius 3 is 2.56 bits per heavy atom. The van der Waals surface area contributed by atoms with Crippen molar-refractivity contribution in [3.8, 4) is 16.9 Å². The average molecular weight is 476 g/mol. The molecule has 5 aromatic rings. The number of carbonyl (C=O) groups is 1. The maximum Gasteiger partial charge on any atom is 0.291 e. The number of benzene rings is 4. The highest BCUT2D eigenvalue weighted by Gasteiger charge is 2.18. The SMILES string of the molecule is Cc1cccc(-n2nc(C(=O)N/N=C\c3ccccc3[N+](=O)[O-])cc2-c2cccc3ccccc23)c1. The second kappa shape index (κ2) is 9.63. The largest absolute Gasteiger partial charge is 0.291 e. The third-order valence-electron chi connectivity index (χ3n) is 5.76. The highest BCUT2D eigenvalue weighted by Crippen LogP contribution is 2.31. The Balaban J connectivity index is 1.53. The lowest BCUT2D eigenvalue weighted by molar-refractivity contribution is -0.385. The Bertz CT molecular complexity index is 1630. The Kier molecular flexibility index (Phi) is 6.07. The number of nitrogens with one attached hydrogen (secondary N) is 1. The van der Waals surface area contributed by atoms with Crippen LogP contribution in [-0.4, -0.2) is 26.8 Å². The Morgan fingerprint density at radius 2 is 1.72 bits per heavy atom. The van der Waals surface area contributed by atoms with E-state index in [0.717, 1.165) is 33.3 Å². The molecule has 0 radical (unpaired) electrons. The van der Waals surface area contributed by atoms with E-state index in [-0.39, 0.29) is 16.9 Å².